The fraction of sp³-hybridized carbons (Fsp3) is 0.432. The zero-order valence-electron chi connectivity index (χ0n) is 28.5. The van der Waals surface area contributed by atoms with Crippen LogP contribution in [-0.2, 0) is 26.2 Å². The standard InChI is InChI=1S/C37H44FN5O5.2ClH/c1-23-19-43(31(18-39-23)20-42-14-15-48-21-24(42)2)25(3)34(44)37(36(47)41-30-11-7-28(8-12-30)35(45)46)22-40-33-17-27(6-13-32(33)37)16-26-4-9-29(38)10-5-26;;/h4-13,17,23-25,31,39-40H,14-16,18-22H2,1-3H3,(H,41,47)(H,45,46);2*1H/t23-,24-,25?,31-,37?;;/m1../s1. The van der Waals surface area contributed by atoms with Crippen molar-refractivity contribution in [2.75, 3.05) is 56.6 Å². The van der Waals surface area contributed by atoms with Crippen LogP contribution in [0.15, 0.2) is 66.7 Å². The molecule has 3 aromatic rings. The van der Waals surface area contributed by atoms with Crippen molar-refractivity contribution in [3.8, 4) is 0 Å². The van der Waals surface area contributed by atoms with E-state index < -0.39 is 23.3 Å². The Morgan fingerprint density at radius 1 is 1.04 bits per heavy atom. The number of hydrogen-bond donors (Lipinski definition) is 4. The predicted molar refractivity (Wildman–Crippen MR) is 197 cm³/mol. The summed E-state index contributed by atoms with van der Waals surface area (Å²) >= 11 is 0. The van der Waals surface area contributed by atoms with Gasteiger partial charge < -0.3 is 25.8 Å². The number of piperazine rings is 1. The van der Waals surface area contributed by atoms with Crippen molar-refractivity contribution in [3.05, 3.63) is 94.8 Å². The molecule has 0 aliphatic carbocycles. The van der Waals surface area contributed by atoms with Crippen LogP contribution in [0.2, 0.25) is 0 Å². The van der Waals surface area contributed by atoms with Gasteiger partial charge in [-0.2, -0.15) is 0 Å². The van der Waals surface area contributed by atoms with Gasteiger partial charge in [-0.1, -0.05) is 24.3 Å². The number of halogens is 3. The van der Waals surface area contributed by atoms with E-state index in [1.807, 2.05) is 25.1 Å². The summed E-state index contributed by atoms with van der Waals surface area (Å²) in [4.78, 5) is 45.6. The molecule has 1 amide bonds. The Hall–Kier alpha value is -3.58. The number of hydrogen-bond acceptors (Lipinski definition) is 8. The molecule has 2 fully saturated rings. The molecule has 270 valence electrons. The number of carbonyl (C=O) groups is 3. The minimum absolute atomic E-state index is 0. The molecule has 10 nitrogen and oxygen atoms in total. The Balaban J connectivity index is 0.00000281. The molecule has 4 N–H and O–H groups in total. The first-order chi connectivity index (χ1) is 23.0. The molecule has 2 saturated heterocycles. The molecule has 5 atom stereocenters. The van der Waals surface area contributed by atoms with Crippen molar-refractivity contribution < 1.29 is 28.6 Å². The molecule has 3 aliphatic rings. The number of ether oxygens (including phenoxy) is 1. The molecule has 50 heavy (non-hydrogen) atoms. The van der Waals surface area contributed by atoms with Gasteiger partial charge in [0.2, 0.25) is 5.91 Å². The monoisotopic (exact) mass is 729 g/mol. The van der Waals surface area contributed by atoms with Crippen LogP contribution in [0.25, 0.3) is 0 Å². The number of nitrogens with one attached hydrogen (secondary N) is 3. The summed E-state index contributed by atoms with van der Waals surface area (Å²) in [6, 6.07) is 17.9. The van der Waals surface area contributed by atoms with Crippen molar-refractivity contribution in [1.29, 1.82) is 0 Å². The number of Topliss-reactive ketones (excluding diaryl/α,β-unsaturated/α-hetero) is 1. The number of anilines is 2. The van der Waals surface area contributed by atoms with Crippen LogP contribution in [0.4, 0.5) is 15.8 Å². The number of benzene rings is 3. The van der Waals surface area contributed by atoms with Gasteiger partial charge in [-0.15, -0.1) is 24.8 Å². The topological polar surface area (TPSA) is 123 Å². The zero-order valence-corrected chi connectivity index (χ0v) is 30.1. The SMILES string of the molecule is CC(C(=O)C1(C(=O)Nc2ccc(C(=O)O)cc2)CNc2cc(Cc3ccc(F)cc3)ccc21)N1C[C@@H](C)NC[C@@H]1CN1CCOC[C@H]1C.Cl.Cl. The van der Waals surface area contributed by atoms with Crippen molar-refractivity contribution >= 4 is 53.8 Å². The first-order valence-electron chi connectivity index (χ1n) is 16.7. The van der Waals surface area contributed by atoms with E-state index in [-0.39, 0.29) is 66.6 Å². The molecule has 0 radical (unpaired) electrons. The zero-order chi connectivity index (χ0) is 34.0. The molecule has 3 aliphatic heterocycles. The minimum Gasteiger partial charge on any atom is -0.478 e. The summed E-state index contributed by atoms with van der Waals surface area (Å²) in [5.41, 5.74) is 2.18. The van der Waals surface area contributed by atoms with E-state index in [0.29, 0.717) is 43.1 Å². The first-order valence-corrected chi connectivity index (χ1v) is 16.7. The molecule has 6 rings (SSSR count). The fourth-order valence-electron chi connectivity index (χ4n) is 7.29. The van der Waals surface area contributed by atoms with E-state index >= 15 is 4.79 Å². The van der Waals surface area contributed by atoms with Crippen molar-refractivity contribution in [3.63, 3.8) is 0 Å². The highest BCUT2D eigenvalue weighted by Gasteiger charge is 2.54. The van der Waals surface area contributed by atoms with E-state index in [4.69, 9.17) is 4.74 Å². The normalized spacial score (nSPS) is 24.1. The Bertz CT molecular complexity index is 1660. The van der Waals surface area contributed by atoms with E-state index in [1.165, 1.54) is 36.4 Å². The average molecular weight is 731 g/mol. The molecule has 0 spiro atoms. The number of carboxylic acid groups (broad SMARTS) is 1. The number of rotatable bonds is 10. The van der Waals surface area contributed by atoms with Crippen LogP contribution in [0.5, 0.6) is 0 Å². The maximum atomic E-state index is 15.0. The van der Waals surface area contributed by atoms with E-state index in [1.54, 1.807) is 12.1 Å². The average Bonchev–Trinajstić information content (AvgIpc) is 3.47. The van der Waals surface area contributed by atoms with Crippen molar-refractivity contribution in [1.82, 2.24) is 15.1 Å². The molecular formula is C37H46Cl2FN5O5. The third-order valence-corrected chi connectivity index (χ3v) is 10.1. The number of aromatic carboxylic acids is 1. The molecule has 0 saturated carbocycles. The summed E-state index contributed by atoms with van der Waals surface area (Å²) in [6.45, 7) is 10.6. The fourth-order valence-corrected chi connectivity index (χ4v) is 7.29. The summed E-state index contributed by atoms with van der Waals surface area (Å²) in [7, 11) is 0. The summed E-state index contributed by atoms with van der Waals surface area (Å²) in [6.07, 6.45) is 0.565. The van der Waals surface area contributed by atoms with Gasteiger partial charge in [0, 0.05) is 67.8 Å². The molecule has 3 heterocycles. The van der Waals surface area contributed by atoms with Crippen LogP contribution >= 0.6 is 24.8 Å². The van der Waals surface area contributed by atoms with Gasteiger partial charge in [0.25, 0.3) is 0 Å². The number of nitrogens with zero attached hydrogens (tertiary/aromatic N) is 2. The predicted octanol–water partition coefficient (Wildman–Crippen LogP) is 4.60. The Morgan fingerprint density at radius 3 is 2.42 bits per heavy atom. The molecule has 0 bridgehead atoms. The quantitative estimate of drug-likeness (QED) is 0.222. The van der Waals surface area contributed by atoms with Gasteiger partial charge in [0.15, 0.2) is 11.2 Å². The smallest absolute Gasteiger partial charge is 0.335 e. The van der Waals surface area contributed by atoms with Gasteiger partial charge >= 0.3 is 5.97 Å². The number of fused-ring (bicyclic) bond motifs is 1. The van der Waals surface area contributed by atoms with Crippen LogP contribution in [0.3, 0.4) is 0 Å². The second kappa shape index (κ2) is 16.6. The van der Waals surface area contributed by atoms with Crippen LogP contribution < -0.4 is 16.0 Å². The van der Waals surface area contributed by atoms with Crippen LogP contribution in [-0.4, -0.2) is 103 Å². The van der Waals surface area contributed by atoms with Gasteiger partial charge in [-0.25, -0.2) is 9.18 Å². The van der Waals surface area contributed by atoms with E-state index in [9.17, 15) is 19.1 Å². The summed E-state index contributed by atoms with van der Waals surface area (Å²) < 4.78 is 19.2. The van der Waals surface area contributed by atoms with Crippen molar-refractivity contribution in [2.45, 2.75) is 56.8 Å². The molecule has 3 aromatic carbocycles. The number of carbonyl (C=O) groups excluding carboxylic acids is 2. The Labute approximate surface area is 304 Å². The third kappa shape index (κ3) is 8.14. The van der Waals surface area contributed by atoms with Gasteiger partial charge in [-0.05, 0) is 80.8 Å². The lowest BCUT2D eigenvalue weighted by Crippen LogP contribution is -2.66. The highest BCUT2D eigenvalue weighted by Crippen LogP contribution is 2.41. The van der Waals surface area contributed by atoms with Crippen molar-refractivity contribution in [2.24, 2.45) is 0 Å². The highest BCUT2D eigenvalue weighted by atomic mass is 35.5. The lowest BCUT2D eigenvalue weighted by atomic mass is 9.74. The number of morpholine rings is 1. The van der Waals surface area contributed by atoms with E-state index in [2.05, 4.69) is 39.6 Å². The largest absolute Gasteiger partial charge is 0.478 e. The Morgan fingerprint density at radius 2 is 1.74 bits per heavy atom. The van der Waals surface area contributed by atoms with Gasteiger partial charge in [-0.3, -0.25) is 19.4 Å². The second-order valence-corrected chi connectivity index (χ2v) is 13.4. The van der Waals surface area contributed by atoms with Gasteiger partial charge in [0.05, 0.1) is 24.8 Å². The Kier molecular flexibility index (Phi) is 13.0. The number of ketones is 1. The second-order valence-electron chi connectivity index (χ2n) is 13.4. The molecular weight excluding hydrogens is 684 g/mol. The van der Waals surface area contributed by atoms with Gasteiger partial charge in [0.1, 0.15) is 5.82 Å². The molecule has 0 aromatic heterocycles. The summed E-state index contributed by atoms with van der Waals surface area (Å²) in [5, 5.41) is 19.3. The number of amides is 1. The third-order valence-electron chi connectivity index (χ3n) is 10.1. The first kappa shape index (κ1) is 39.2. The lowest BCUT2D eigenvalue weighted by Gasteiger charge is -2.46. The maximum Gasteiger partial charge on any atom is 0.335 e. The van der Waals surface area contributed by atoms with E-state index in [0.717, 1.165) is 30.8 Å². The minimum atomic E-state index is -1.54. The maximum absolute atomic E-state index is 15.0. The highest BCUT2D eigenvalue weighted by molar-refractivity contribution is 6.20. The lowest BCUT2D eigenvalue weighted by molar-refractivity contribution is -0.137. The number of carboxylic acids is 1. The molecule has 13 heteroatoms. The van der Waals surface area contributed by atoms with Crippen LogP contribution in [0, 0.1) is 5.82 Å². The summed E-state index contributed by atoms with van der Waals surface area (Å²) in [5.74, 6) is -2.03. The molecule has 2 unspecified atom stereocenters. The van der Waals surface area contributed by atoms with Crippen LogP contribution in [0.1, 0.15) is 47.8 Å².